The molecule has 1 N–H and O–H groups in total. The number of ether oxygens (including phenoxy) is 1. The van der Waals surface area contributed by atoms with Crippen LogP contribution < -0.4 is 10.1 Å². The van der Waals surface area contributed by atoms with E-state index in [1.165, 1.54) is 13.3 Å². The Bertz CT molecular complexity index is 566. The van der Waals surface area contributed by atoms with Crippen LogP contribution in [0.4, 0.5) is 0 Å². The fraction of sp³-hybridized carbons (Fsp3) is 0.429. The van der Waals surface area contributed by atoms with Crippen LogP contribution in [-0.4, -0.2) is 39.0 Å². The number of rotatable bonds is 6. The molecule has 2 aromatic heterocycles. The highest BCUT2D eigenvalue weighted by Crippen LogP contribution is 2.09. The van der Waals surface area contributed by atoms with Gasteiger partial charge in [0, 0.05) is 12.3 Å². The van der Waals surface area contributed by atoms with E-state index in [1.807, 2.05) is 13.8 Å². The maximum atomic E-state index is 12.2. The minimum absolute atomic E-state index is 0.0630. The van der Waals surface area contributed by atoms with Crippen molar-refractivity contribution >= 4 is 5.91 Å². The first-order valence-electron chi connectivity index (χ1n) is 6.75. The van der Waals surface area contributed by atoms with Crippen molar-refractivity contribution in [1.29, 1.82) is 0 Å². The number of methoxy groups -OCH3 is 1. The molecule has 0 aliphatic heterocycles. The molecule has 0 saturated heterocycles. The van der Waals surface area contributed by atoms with E-state index >= 15 is 0 Å². The van der Waals surface area contributed by atoms with Crippen LogP contribution in [0.25, 0.3) is 0 Å². The summed E-state index contributed by atoms with van der Waals surface area (Å²) in [7, 11) is 1.54. The normalized spacial score (nSPS) is 12.2. The highest BCUT2D eigenvalue weighted by Gasteiger charge is 2.18. The summed E-state index contributed by atoms with van der Waals surface area (Å²) in [6.45, 7) is 4.61. The Morgan fingerprint density at radius 3 is 2.57 bits per heavy atom. The molecule has 0 saturated carbocycles. The molecule has 1 unspecified atom stereocenters. The summed E-state index contributed by atoms with van der Waals surface area (Å²) in [6, 6.07) is 3.28. The van der Waals surface area contributed by atoms with Crippen molar-refractivity contribution in [3.63, 3.8) is 0 Å². The van der Waals surface area contributed by atoms with E-state index in [2.05, 4.69) is 20.5 Å². The van der Waals surface area contributed by atoms with Crippen LogP contribution in [0.3, 0.4) is 0 Å². The standard InChI is InChI=1S/C14H19N5O2/c1-10(2)12(9-19-16-6-7-17-19)18-14(20)11-4-5-13(21-3)15-8-11/h4-8,10,12H,9H2,1-3H3,(H,18,20). The topological polar surface area (TPSA) is 81.9 Å². The van der Waals surface area contributed by atoms with E-state index in [0.717, 1.165) is 0 Å². The molecule has 7 heteroatoms. The molecule has 0 radical (unpaired) electrons. The van der Waals surface area contributed by atoms with E-state index < -0.39 is 0 Å². The minimum atomic E-state index is -0.170. The molecule has 1 atom stereocenters. The van der Waals surface area contributed by atoms with E-state index in [4.69, 9.17) is 4.74 Å². The Hall–Kier alpha value is -2.44. The maximum Gasteiger partial charge on any atom is 0.253 e. The first-order chi connectivity index (χ1) is 10.1. The molecule has 0 spiro atoms. The van der Waals surface area contributed by atoms with Gasteiger partial charge in [0.1, 0.15) is 0 Å². The lowest BCUT2D eigenvalue weighted by Crippen LogP contribution is -2.42. The number of hydrogen-bond donors (Lipinski definition) is 1. The molecule has 0 aliphatic carbocycles. The van der Waals surface area contributed by atoms with Gasteiger partial charge in [-0.2, -0.15) is 15.0 Å². The zero-order valence-corrected chi connectivity index (χ0v) is 12.4. The predicted molar refractivity (Wildman–Crippen MR) is 76.9 cm³/mol. The average molecular weight is 289 g/mol. The third-order valence-electron chi connectivity index (χ3n) is 3.16. The second-order valence-electron chi connectivity index (χ2n) is 5.00. The van der Waals surface area contributed by atoms with Gasteiger partial charge in [-0.3, -0.25) is 4.79 Å². The van der Waals surface area contributed by atoms with Crippen LogP contribution in [0.1, 0.15) is 24.2 Å². The molecule has 1 amide bonds. The van der Waals surface area contributed by atoms with Gasteiger partial charge in [-0.1, -0.05) is 13.8 Å². The maximum absolute atomic E-state index is 12.2. The van der Waals surface area contributed by atoms with Crippen molar-refractivity contribution in [2.75, 3.05) is 7.11 Å². The Balaban J connectivity index is 2.03. The Morgan fingerprint density at radius 2 is 2.05 bits per heavy atom. The van der Waals surface area contributed by atoms with Crippen LogP contribution in [0.15, 0.2) is 30.7 Å². The third-order valence-corrected chi connectivity index (χ3v) is 3.16. The van der Waals surface area contributed by atoms with Gasteiger partial charge < -0.3 is 10.1 Å². The molecule has 2 heterocycles. The van der Waals surface area contributed by atoms with Crippen molar-refractivity contribution in [1.82, 2.24) is 25.3 Å². The Morgan fingerprint density at radius 1 is 1.33 bits per heavy atom. The number of nitrogens with zero attached hydrogens (tertiary/aromatic N) is 4. The van der Waals surface area contributed by atoms with E-state index in [0.29, 0.717) is 18.0 Å². The summed E-state index contributed by atoms with van der Waals surface area (Å²) in [5.41, 5.74) is 0.495. The molecule has 0 fully saturated rings. The van der Waals surface area contributed by atoms with Crippen LogP contribution in [0.5, 0.6) is 5.88 Å². The van der Waals surface area contributed by atoms with E-state index in [9.17, 15) is 4.79 Å². The molecule has 0 aliphatic rings. The van der Waals surface area contributed by atoms with Gasteiger partial charge in [-0.15, -0.1) is 0 Å². The molecule has 2 rings (SSSR count). The summed E-state index contributed by atoms with van der Waals surface area (Å²) in [6.07, 6.45) is 4.73. The van der Waals surface area contributed by atoms with Crippen molar-refractivity contribution < 1.29 is 9.53 Å². The van der Waals surface area contributed by atoms with E-state index in [-0.39, 0.29) is 17.9 Å². The second-order valence-corrected chi connectivity index (χ2v) is 5.00. The zero-order valence-electron chi connectivity index (χ0n) is 12.4. The fourth-order valence-corrected chi connectivity index (χ4v) is 1.82. The summed E-state index contributed by atoms with van der Waals surface area (Å²) >= 11 is 0. The first-order valence-corrected chi connectivity index (χ1v) is 6.75. The number of carbonyl (C=O) groups excluding carboxylic acids is 1. The molecular formula is C14H19N5O2. The molecular weight excluding hydrogens is 270 g/mol. The van der Waals surface area contributed by atoms with Crippen LogP contribution >= 0.6 is 0 Å². The minimum Gasteiger partial charge on any atom is -0.481 e. The van der Waals surface area contributed by atoms with Gasteiger partial charge in [0.25, 0.3) is 5.91 Å². The van der Waals surface area contributed by atoms with E-state index in [1.54, 1.807) is 29.3 Å². The number of amides is 1. The average Bonchev–Trinajstić information content (AvgIpc) is 2.99. The summed E-state index contributed by atoms with van der Waals surface area (Å²) < 4.78 is 4.98. The van der Waals surface area contributed by atoms with Gasteiger partial charge in [0.15, 0.2) is 0 Å². The van der Waals surface area contributed by atoms with Crippen LogP contribution in [0.2, 0.25) is 0 Å². The van der Waals surface area contributed by atoms with Crippen molar-refractivity contribution in [2.24, 2.45) is 5.92 Å². The third kappa shape index (κ3) is 4.01. The van der Waals surface area contributed by atoms with Gasteiger partial charge in [-0.25, -0.2) is 4.98 Å². The summed E-state index contributed by atoms with van der Waals surface area (Å²) in [4.78, 5) is 17.8. The molecule has 7 nitrogen and oxygen atoms in total. The van der Waals surface area contributed by atoms with Gasteiger partial charge in [0.05, 0.1) is 37.7 Å². The summed E-state index contributed by atoms with van der Waals surface area (Å²) in [5.74, 6) is 0.565. The highest BCUT2D eigenvalue weighted by atomic mass is 16.5. The smallest absolute Gasteiger partial charge is 0.253 e. The second kappa shape index (κ2) is 6.83. The number of nitrogens with one attached hydrogen (secondary N) is 1. The van der Waals surface area contributed by atoms with Gasteiger partial charge in [-0.05, 0) is 12.0 Å². The number of carbonyl (C=O) groups is 1. The molecule has 2 aromatic rings. The van der Waals surface area contributed by atoms with Crippen LogP contribution in [-0.2, 0) is 6.54 Å². The zero-order chi connectivity index (χ0) is 15.2. The molecule has 112 valence electrons. The first kappa shape index (κ1) is 15.0. The predicted octanol–water partition coefficient (Wildman–Crippen LogP) is 1.14. The number of aromatic nitrogens is 4. The largest absolute Gasteiger partial charge is 0.481 e. The van der Waals surface area contributed by atoms with Crippen LogP contribution in [0, 0.1) is 5.92 Å². The highest BCUT2D eigenvalue weighted by molar-refractivity contribution is 5.94. The molecule has 0 aromatic carbocycles. The number of hydrogen-bond acceptors (Lipinski definition) is 5. The van der Waals surface area contributed by atoms with Crippen molar-refractivity contribution in [3.05, 3.63) is 36.3 Å². The Kier molecular flexibility index (Phi) is 4.86. The fourth-order valence-electron chi connectivity index (χ4n) is 1.82. The van der Waals surface area contributed by atoms with Crippen molar-refractivity contribution in [3.8, 4) is 5.88 Å². The van der Waals surface area contributed by atoms with Crippen molar-refractivity contribution in [2.45, 2.75) is 26.4 Å². The quantitative estimate of drug-likeness (QED) is 0.862. The number of pyridine rings is 1. The monoisotopic (exact) mass is 289 g/mol. The van der Waals surface area contributed by atoms with Gasteiger partial charge in [0.2, 0.25) is 5.88 Å². The Labute approximate surface area is 123 Å². The lowest BCUT2D eigenvalue weighted by Gasteiger charge is -2.21. The summed E-state index contributed by atoms with van der Waals surface area (Å²) in [5, 5.41) is 11.1. The lowest BCUT2D eigenvalue weighted by molar-refractivity contribution is 0.0917. The van der Waals surface area contributed by atoms with Gasteiger partial charge >= 0.3 is 0 Å². The SMILES string of the molecule is COc1ccc(C(=O)NC(Cn2nccn2)C(C)C)cn1. The molecule has 0 bridgehead atoms. The molecule has 21 heavy (non-hydrogen) atoms. The lowest BCUT2D eigenvalue weighted by atomic mass is 10.0.